The predicted octanol–water partition coefficient (Wildman–Crippen LogP) is 4.36. The fourth-order valence-electron chi connectivity index (χ4n) is 2.86. The van der Waals surface area contributed by atoms with E-state index < -0.39 is 0 Å². The number of pyridine rings is 1. The first-order chi connectivity index (χ1) is 13.1. The van der Waals surface area contributed by atoms with Crippen LogP contribution in [0, 0.1) is 12.7 Å². The molecule has 0 saturated carbocycles. The summed E-state index contributed by atoms with van der Waals surface area (Å²) in [6, 6.07) is 17.2. The van der Waals surface area contributed by atoms with E-state index in [0.717, 1.165) is 16.7 Å². The van der Waals surface area contributed by atoms with Crippen molar-refractivity contribution >= 4 is 23.5 Å². The zero-order chi connectivity index (χ0) is 18.8. The number of carbonyl (C=O) groups is 1. The van der Waals surface area contributed by atoms with Gasteiger partial charge in [0.25, 0.3) is 5.91 Å². The molecule has 0 bridgehead atoms. The SMILES string of the molecule is Cc1ccc(C2=N/C(=C/c3ccncc3)C(=O)N2c2ccc(F)cc2)cc1. The second kappa shape index (κ2) is 6.96. The maximum absolute atomic E-state index is 13.3. The van der Waals surface area contributed by atoms with Gasteiger partial charge in [0.05, 0.1) is 5.69 Å². The largest absolute Gasteiger partial charge is 0.282 e. The summed E-state index contributed by atoms with van der Waals surface area (Å²) < 4.78 is 13.3. The lowest BCUT2D eigenvalue weighted by Crippen LogP contribution is -2.32. The van der Waals surface area contributed by atoms with Gasteiger partial charge in [-0.2, -0.15) is 0 Å². The van der Waals surface area contributed by atoms with Crippen LogP contribution >= 0.6 is 0 Å². The zero-order valence-electron chi connectivity index (χ0n) is 14.6. The predicted molar refractivity (Wildman–Crippen MR) is 104 cm³/mol. The number of amides is 1. The number of anilines is 1. The van der Waals surface area contributed by atoms with E-state index in [1.165, 1.54) is 17.0 Å². The molecular weight excluding hydrogens is 341 g/mol. The third-order valence-corrected chi connectivity index (χ3v) is 4.26. The highest BCUT2D eigenvalue weighted by Crippen LogP contribution is 2.28. The van der Waals surface area contributed by atoms with Gasteiger partial charge in [0.15, 0.2) is 0 Å². The Morgan fingerprint density at radius 3 is 2.26 bits per heavy atom. The number of amidine groups is 1. The van der Waals surface area contributed by atoms with Gasteiger partial charge >= 0.3 is 0 Å². The fourth-order valence-corrected chi connectivity index (χ4v) is 2.86. The van der Waals surface area contributed by atoms with E-state index in [1.54, 1.807) is 30.6 Å². The van der Waals surface area contributed by atoms with Crippen LogP contribution in [-0.2, 0) is 4.79 Å². The van der Waals surface area contributed by atoms with E-state index in [2.05, 4.69) is 9.98 Å². The van der Waals surface area contributed by atoms with Crippen LogP contribution < -0.4 is 4.90 Å². The molecule has 1 aliphatic heterocycles. The molecule has 27 heavy (non-hydrogen) atoms. The molecule has 2 aromatic carbocycles. The van der Waals surface area contributed by atoms with Crippen LogP contribution in [-0.4, -0.2) is 16.7 Å². The number of benzene rings is 2. The van der Waals surface area contributed by atoms with Gasteiger partial charge in [-0.25, -0.2) is 9.38 Å². The van der Waals surface area contributed by atoms with Crippen molar-refractivity contribution in [3.05, 3.63) is 101 Å². The third-order valence-electron chi connectivity index (χ3n) is 4.26. The highest BCUT2D eigenvalue weighted by atomic mass is 19.1. The average Bonchev–Trinajstić information content (AvgIpc) is 3.00. The second-order valence-electron chi connectivity index (χ2n) is 6.23. The molecular formula is C22H16FN3O. The summed E-state index contributed by atoms with van der Waals surface area (Å²) in [6.07, 6.45) is 5.05. The Hall–Kier alpha value is -3.60. The Kier molecular flexibility index (Phi) is 4.34. The van der Waals surface area contributed by atoms with Gasteiger partial charge in [-0.3, -0.25) is 14.7 Å². The number of hydrogen-bond acceptors (Lipinski definition) is 3. The molecule has 0 spiro atoms. The fraction of sp³-hybridized carbons (Fsp3) is 0.0455. The normalized spacial score (nSPS) is 15.3. The van der Waals surface area contributed by atoms with E-state index in [4.69, 9.17) is 0 Å². The Labute approximate surface area is 156 Å². The molecule has 0 radical (unpaired) electrons. The number of aryl methyl sites for hydroxylation is 1. The number of aromatic nitrogens is 1. The monoisotopic (exact) mass is 357 g/mol. The van der Waals surface area contributed by atoms with Gasteiger partial charge in [0.1, 0.15) is 17.3 Å². The van der Waals surface area contributed by atoms with Crippen LogP contribution in [0.3, 0.4) is 0 Å². The molecule has 0 unspecified atom stereocenters. The summed E-state index contributed by atoms with van der Waals surface area (Å²) in [5.74, 6) is -0.0901. The van der Waals surface area contributed by atoms with Crippen LogP contribution in [0.5, 0.6) is 0 Å². The van der Waals surface area contributed by atoms with Crippen molar-refractivity contribution in [2.75, 3.05) is 4.90 Å². The van der Waals surface area contributed by atoms with E-state index in [0.29, 0.717) is 17.2 Å². The van der Waals surface area contributed by atoms with Gasteiger partial charge in [-0.05, 0) is 55.0 Å². The van der Waals surface area contributed by atoms with Crippen molar-refractivity contribution in [3.8, 4) is 0 Å². The van der Waals surface area contributed by atoms with Gasteiger partial charge in [-0.15, -0.1) is 0 Å². The first-order valence-electron chi connectivity index (χ1n) is 8.49. The molecule has 3 aromatic rings. The molecule has 4 nitrogen and oxygen atoms in total. The first-order valence-corrected chi connectivity index (χ1v) is 8.49. The standard InChI is InChI=1S/C22H16FN3O/c1-15-2-4-17(5-3-15)21-25-20(14-16-10-12-24-13-11-16)22(27)26(21)19-8-6-18(23)7-9-19/h2-14H,1H3/b20-14+. The molecule has 0 fully saturated rings. The lowest BCUT2D eigenvalue weighted by molar-refractivity contribution is -0.113. The summed E-state index contributed by atoms with van der Waals surface area (Å²) >= 11 is 0. The maximum Gasteiger partial charge on any atom is 0.282 e. The number of carbonyl (C=O) groups excluding carboxylic acids is 1. The molecule has 5 heteroatoms. The number of halogens is 1. The topological polar surface area (TPSA) is 45.6 Å². The molecule has 0 saturated heterocycles. The van der Waals surface area contributed by atoms with Crippen LogP contribution in [0.2, 0.25) is 0 Å². The quantitative estimate of drug-likeness (QED) is 0.654. The summed E-state index contributed by atoms with van der Waals surface area (Å²) in [5, 5.41) is 0. The highest BCUT2D eigenvalue weighted by Gasteiger charge is 2.32. The van der Waals surface area contributed by atoms with Gasteiger partial charge < -0.3 is 0 Å². The first kappa shape index (κ1) is 16.8. The van der Waals surface area contributed by atoms with Crippen molar-refractivity contribution in [2.24, 2.45) is 4.99 Å². The lowest BCUT2D eigenvalue weighted by atomic mass is 10.1. The van der Waals surface area contributed by atoms with Crippen molar-refractivity contribution in [1.29, 1.82) is 0 Å². The molecule has 4 rings (SSSR count). The van der Waals surface area contributed by atoms with E-state index in [-0.39, 0.29) is 11.7 Å². The minimum Gasteiger partial charge on any atom is -0.266 e. The Bertz CT molecular complexity index is 1040. The molecule has 0 aliphatic carbocycles. The van der Waals surface area contributed by atoms with E-state index in [9.17, 15) is 9.18 Å². The number of aliphatic imine (C=N–C) groups is 1. The Morgan fingerprint density at radius 2 is 1.59 bits per heavy atom. The van der Waals surface area contributed by atoms with Gasteiger partial charge in [0.2, 0.25) is 0 Å². The minimum atomic E-state index is -0.355. The maximum atomic E-state index is 13.3. The minimum absolute atomic E-state index is 0.256. The molecule has 1 aliphatic rings. The van der Waals surface area contributed by atoms with Crippen LogP contribution in [0.1, 0.15) is 16.7 Å². The number of rotatable bonds is 3. The smallest absolute Gasteiger partial charge is 0.266 e. The summed E-state index contributed by atoms with van der Waals surface area (Å²) in [4.78, 5) is 23.2. The lowest BCUT2D eigenvalue weighted by Gasteiger charge is -2.18. The van der Waals surface area contributed by atoms with Crippen LogP contribution in [0.25, 0.3) is 6.08 Å². The highest BCUT2D eigenvalue weighted by molar-refractivity contribution is 6.33. The van der Waals surface area contributed by atoms with Crippen molar-refractivity contribution in [2.45, 2.75) is 6.92 Å². The van der Waals surface area contributed by atoms with Crippen molar-refractivity contribution in [3.63, 3.8) is 0 Å². The Balaban J connectivity index is 1.82. The van der Waals surface area contributed by atoms with Crippen molar-refractivity contribution in [1.82, 2.24) is 4.98 Å². The summed E-state index contributed by atoms with van der Waals surface area (Å²) in [5.41, 5.74) is 3.65. The molecule has 0 atom stereocenters. The van der Waals surface area contributed by atoms with E-state index in [1.807, 2.05) is 43.3 Å². The van der Waals surface area contributed by atoms with Crippen LogP contribution in [0.4, 0.5) is 10.1 Å². The molecule has 132 valence electrons. The number of nitrogens with zero attached hydrogens (tertiary/aromatic N) is 3. The van der Waals surface area contributed by atoms with Gasteiger partial charge in [0, 0.05) is 18.0 Å². The van der Waals surface area contributed by atoms with Crippen LogP contribution in [0.15, 0.2) is 83.7 Å². The van der Waals surface area contributed by atoms with Gasteiger partial charge in [-0.1, -0.05) is 29.8 Å². The molecule has 2 heterocycles. The molecule has 1 aromatic heterocycles. The van der Waals surface area contributed by atoms with E-state index >= 15 is 0 Å². The van der Waals surface area contributed by atoms with Crippen molar-refractivity contribution < 1.29 is 9.18 Å². The number of hydrogen-bond donors (Lipinski definition) is 0. The summed E-state index contributed by atoms with van der Waals surface area (Å²) in [6.45, 7) is 2.00. The summed E-state index contributed by atoms with van der Waals surface area (Å²) in [7, 11) is 0. The molecule has 0 N–H and O–H groups in total. The average molecular weight is 357 g/mol. The zero-order valence-corrected chi connectivity index (χ0v) is 14.6. The molecule has 1 amide bonds. The Morgan fingerprint density at radius 1 is 0.926 bits per heavy atom. The third kappa shape index (κ3) is 3.40. The second-order valence-corrected chi connectivity index (χ2v) is 6.23.